The highest BCUT2D eigenvalue weighted by atomic mass is 32.2. The van der Waals surface area contributed by atoms with Gasteiger partial charge in [0.1, 0.15) is 22.2 Å². The number of benzene rings is 1. The van der Waals surface area contributed by atoms with Crippen molar-refractivity contribution in [1.29, 1.82) is 0 Å². The molecular formula is C17H23N3O5S. The Morgan fingerprint density at radius 3 is 2.50 bits per heavy atom. The molecule has 2 rings (SSSR count). The monoisotopic (exact) mass is 381 g/mol. The molecule has 142 valence electrons. The summed E-state index contributed by atoms with van der Waals surface area (Å²) in [5.74, 6) is 1.30. The molecule has 0 saturated heterocycles. The Kier molecular flexibility index (Phi) is 7.05. The van der Waals surface area contributed by atoms with Crippen molar-refractivity contribution in [1.82, 2.24) is 4.98 Å². The summed E-state index contributed by atoms with van der Waals surface area (Å²) in [6.45, 7) is 1.38. The first-order valence-electron chi connectivity index (χ1n) is 7.94. The lowest BCUT2D eigenvalue weighted by Crippen LogP contribution is -2.14. The molecule has 0 aliphatic rings. The van der Waals surface area contributed by atoms with Gasteiger partial charge in [0.2, 0.25) is 0 Å². The van der Waals surface area contributed by atoms with E-state index in [0.717, 1.165) is 6.42 Å². The van der Waals surface area contributed by atoms with Gasteiger partial charge in [-0.1, -0.05) is 0 Å². The van der Waals surface area contributed by atoms with Gasteiger partial charge in [-0.05, 0) is 30.7 Å². The van der Waals surface area contributed by atoms with Crippen molar-refractivity contribution in [3.63, 3.8) is 0 Å². The topological polar surface area (TPSA) is 98.8 Å². The maximum atomic E-state index is 12.7. The number of methoxy groups -OCH3 is 3. The predicted octanol–water partition coefficient (Wildman–Crippen LogP) is 2.35. The normalized spacial score (nSPS) is 11.0. The summed E-state index contributed by atoms with van der Waals surface area (Å²) in [5, 5.41) is 3.13. The number of rotatable bonds is 10. The van der Waals surface area contributed by atoms with Crippen LogP contribution in [0, 0.1) is 0 Å². The summed E-state index contributed by atoms with van der Waals surface area (Å²) in [5.41, 5.74) is 0.345. The molecule has 0 atom stereocenters. The maximum absolute atomic E-state index is 12.7. The summed E-state index contributed by atoms with van der Waals surface area (Å²) in [4.78, 5) is 4.18. The second kappa shape index (κ2) is 9.25. The summed E-state index contributed by atoms with van der Waals surface area (Å²) in [6, 6.07) is 7.91. The molecule has 9 heteroatoms. The van der Waals surface area contributed by atoms with Crippen molar-refractivity contribution in [2.45, 2.75) is 11.3 Å². The van der Waals surface area contributed by atoms with Crippen LogP contribution in [-0.4, -0.2) is 47.9 Å². The summed E-state index contributed by atoms with van der Waals surface area (Å²) >= 11 is 0. The van der Waals surface area contributed by atoms with Crippen LogP contribution in [0.2, 0.25) is 0 Å². The molecule has 0 radical (unpaired) electrons. The third kappa shape index (κ3) is 5.24. The fourth-order valence-electron chi connectivity index (χ4n) is 2.20. The van der Waals surface area contributed by atoms with Crippen molar-refractivity contribution in [3.05, 3.63) is 36.5 Å². The Morgan fingerprint density at radius 1 is 1.08 bits per heavy atom. The summed E-state index contributed by atoms with van der Waals surface area (Å²) < 4.78 is 43.0. The molecule has 0 aliphatic heterocycles. The van der Waals surface area contributed by atoms with Gasteiger partial charge in [-0.15, -0.1) is 0 Å². The van der Waals surface area contributed by atoms with Gasteiger partial charge < -0.3 is 19.5 Å². The van der Waals surface area contributed by atoms with Crippen molar-refractivity contribution in [2.75, 3.05) is 44.5 Å². The molecule has 26 heavy (non-hydrogen) atoms. The van der Waals surface area contributed by atoms with Crippen LogP contribution in [0.3, 0.4) is 0 Å². The van der Waals surface area contributed by atoms with Crippen molar-refractivity contribution in [2.24, 2.45) is 0 Å². The zero-order valence-corrected chi connectivity index (χ0v) is 15.8. The Hall–Kier alpha value is -2.52. The SMILES string of the molecule is COCCCNc1ccc(NS(=O)(=O)c2cc(OC)ccc2OC)cn1. The second-order valence-electron chi connectivity index (χ2n) is 5.33. The summed E-state index contributed by atoms with van der Waals surface area (Å²) in [7, 11) is 0.667. The van der Waals surface area contributed by atoms with Gasteiger partial charge in [-0.3, -0.25) is 4.72 Å². The van der Waals surface area contributed by atoms with Gasteiger partial charge in [-0.25, -0.2) is 13.4 Å². The molecule has 2 N–H and O–H groups in total. The van der Waals surface area contributed by atoms with E-state index in [-0.39, 0.29) is 10.6 Å². The van der Waals surface area contributed by atoms with Crippen LogP contribution in [0.1, 0.15) is 6.42 Å². The fourth-order valence-corrected chi connectivity index (χ4v) is 3.42. The minimum atomic E-state index is -3.86. The molecule has 1 heterocycles. The van der Waals surface area contributed by atoms with E-state index in [0.29, 0.717) is 30.4 Å². The quantitative estimate of drug-likeness (QED) is 0.610. The molecular weight excluding hydrogens is 358 g/mol. The highest BCUT2D eigenvalue weighted by Gasteiger charge is 2.21. The lowest BCUT2D eigenvalue weighted by molar-refractivity contribution is 0.198. The molecule has 0 fully saturated rings. The molecule has 0 aliphatic carbocycles. The number of nitrogens with zero attached hydrogens (tertiary/aromatic N) is 1. The van der Waals surface area contributed by atoms with Crippen LogP contribution in [0.4, 0.5) is 11.5 Å². The molecule has 2 aromatic rings. The lowest BCUT2D eigenvalue weighted by Gasteiger charge is -2.13. The van der Waals surface area contributed by atoms with Crippen molar-refractivity contribution < 1.29 is 22.6 Å². The van der Waals surface area contributed by atoms with Crippen LogP contribution < -0.4 is 19.5 Å². The first-order chi connectivity index (χ1) is 12.5. The van der Waals surface area contributed by atoms with Crippen LogP contribution >= 0.6 is 0 Å². The molecule has 8 nitrogen and oxygen atoms in total. The Balaban J connectivity index is 2.12. The van der Waals surface area contributed by atoms with Crippen LogP contribution in [0.5, 0.6) is 11.5 Å². The van der Waals surface area contributed by atoms with E-state index >= 15 is 0 Å². The maximum Gasteiger partial charge on any atom is 0.265 e. The third-order valence-corrected chi connectivity index (χ3v) is 4.91. The molecule has 0 amide bonds. The first-order valence-corrected chi connectivity index (χ1v) is 9.42. The van der Waals surface area contributed by atoms with Crippen LogP contribution in [0.25, 0.3) is 0 Å². The van der Waals surface area contributed by atoms with Gasteiger partial charge in [0, 0.05) is 26.3 Å². The molecule has 1 aromatic carbocycles. The minimum Gasteiger partial charge on any atom is -0.497 e. The smallest absolute Gasteiger partial charge is 0.265 e. The van der Waals surface area contributed by atoms with Crippen LogP contribution in [-0.2, 0) is 14.8 Å². The fraction of sp³-hybridized carbons (Fsp3) is 0.353. The molecule has 0 unspecified atom stereocenters. The number of pyridine rings is 1. The Labute approximate surface area is 153 Å². The highest BCUT2D eigenvalue weighted by molar-refractivity contribution is 7.92. The van der Waals surface area contributed by atoms with Gasteiger partial charge in [0.05, 0.1) is 26.1 Å². The van der Waals surface area contributed by atoms with E-state index in [1.807, 2.05) is 0 Å². The highest BCUT2D eigenvalue weighted by Crippen LogP contribution is 2.29. The largest absolute Gasteiger partial charge is 0.497 e. The van der Waals surface area contributed by atoms with Crippen LogP contribution in [0.15, 0.2) is 41.4 Å². The van der Waals surface area contributed by atoms with Crippen molar-refractivity contribution in [3.8, 4) is 11.5 Å². The Bertz CT molecular complexity index is 810. The molecule has 0 saturated carbocycles. The number of sulfonamides is 1. The number of anilines is 2. The number of aromatic nitrogens is 1. The number of hydrogen-bond donors (Lipinski definition) is 2. The van der Waals surface area contributed by atoms with Gasteiger partial charge >= 0.3 is 0 Å². The molecule has 0 spiro atoms. The summed E-state index contributed by atoms with van der Waals surface area (Å²) in [6.07, 6.45) is 2.30. The number of nitrogens with one attached hydrogen (secondary N) is 2. The average molecular weight is 381 g/mol. The van der Waals surface area contributed by atoms with E-state index < -0.39 is 10.0 Å². The van der Waals surface area contributed by atoms with E-state index in [9.17, 15) is 8.42 Å². The number of hydrogen-bond acceptors (Lipinski definition) is 7. The zero-order chi connectivity index (χ0) is 19.0. The first kappa shape index (κ1) is 19.8. The van der Waals surface area contributed by atoms with E-state index in [2.05, 4.69) is 15.0 Å². The van der Waals surface area contributed by atoms with E-state index in [4.69, 9.17) is 14.2 Å². The minimum absolute atomic E-state index is 0.0129. The van der Waals surface area contributed by atoms with Gasteiger partial charge in [-0.2, -0.15) is 0 Å². The second-order valence-corrected chi connectivity index (χ2v) is 6.98. The molecule has 0 bridgehead atoms. The van der Waals surface area contributed by atoms with E-state index in [1.54, 1.807) is 31.4 Å². The lowest BCUT2D eigenvalue weighted by atomic mass is 10.3. The van der Waals surface area contributed by atoms with Gasteiger partial charge in [0.25, 0.3) is 10.0 Å². The zero-order valence-electron chi connectivity index (χ0n) is 15.0. The standard InChI is InChI=1S/C17H23N3O5S/c1-23-10-4-9-18-17-8-5-13(12-19-17)20-26(21,22)16-11-14(24-2)6-7-15(16)25-3/h5-8,11-12,20H,4,9-10H2,1-3H3,(H,18,19). The van der Waals surface area contributed by atoms with Gasteiger partial charge in [0.15, 0.2) is 0 Å². The third-order valence-electron chi connectivity index (χ3n) is 3.51. The predicted molar refractivity (Wildman–Crippen MR) is 99.6 cm³/mol. The van der Waals surface area contributed by atoms with E-state index in [1.165, 1.54) is 26.5 Å². The Morgan fingerprint density at radius 2 is 1.88 bits per heavy atom. The number of ether oxygens (including phenoxy) is 3. The average Bonchev–Trinajstić information content (AvgIpc) is 2.65. The van der Waals surface area contributed by atoms with Crippen molar-refractivity contribution >= 4 is 21.5 Å². The molecule has 1 aromatic heterocycles.